The highest BCUT2D eigenvalue weighted by molar-refractivity contribution is 8.00. The SMILES string of the molecule is C[C@@H](Sc1nnc(C(C)(C)C)n1N)C(=O)Nc1cccc2ncccc12. The first kappa shape index (κ1) is 18.2. The minimum atomic E-state index is -0.388. The first-order valence-corrected chi connectivity index (χ1v) is 9.17. The van der Waals surface area contributed by atoms with Crippen LogP contribution in [0.15, 0.2) is 41.7 Å². The largest absolute Gasteiger partial charge is 0.336 e. The number of carbonyl (C=O) groups is 1. The van der Waals surface area contributed by atoms with E-state index in [0.29, 0.717) is 11.0 Å². The molecule has 0 spiro atoms. The second-order valence-corrected chi connectivity index (χ2v) is 8.36. The van der Waals surface area contributed by atoms with Crippen molar-refractivity contribution in [3.63, 3.8) is 0 Å². The van der Waals surface area contributed by atoms with Crippen molar-refractivity contribution in [3.8, 4) is 0 Å². The van der Waals surface area contributed by atoms with E-state index in [4.69, 9.17) is 5.84 Å². The number of carbonyl (C=O) groups excluding carboxylic acids is 1. The number of nitrogens with two attached hydrogens (primary N) is 1. The van der Waals surface area contributed by atoms with Crippen molar-refractivity contribution in [2.24, 2.45) is 0 Å². The zero-order chi connectivity index (χ0) is 18.9. The van der Waals surface area contributed by atoms with Gasteiger partial charge in [-0.2, -0.15) is 0 Å². The zero-order valence-electron chi connectivity index (χ0n) is 15.2. The standard InChI is InChI=1S/C18H22N6OS/c1-11(26-17-23-22-16(24(17)19)18(2,3)4)15(25)21-14-9-5-8-13-12(14)7-6-10-20-13/h5-11H,19H2,1-4H3,(H,21,25)/t11-/m1/s1. The lowest BCUT2D eigenvalue weighted by molar-refractivity contribution is -0.115. The molecule has 8 heteroatoms. The average molecular weight is 370 g/mol. The molecule has 1 aromatic carbocycles. The molecule has 136 valence electrons. The molecule has 3 rings (SSSR count). The number of hydrogen-bond acceptors (Lipinski definition) is 6. The molecule has 0 aliphatic heterocycles. The Kier molecular flexibility index (Phi) is 4.86. The molecule has 0 aliphatic rings. The number of anilines is 1. The summed E-state index contributed by atoms with van der Waals surface area (Å²) in [6.45, 7) is 7.85. The van der Waals surface area contributed by atoms with Crippen LogP contribution in [0.25, 0.3) is 10.9 Å². The Bertz CT molecular complexity index is 941. The van der Waals surface area contributed by atoms with Crippen molar-refractivity contribution in [2.45, 2.75) is 43.5 Å². The zero-order valence-corrected chi connectivity index (χ0v) is 16.0. The number of amides is 1. The highest BCUT2D eigenvalue weighted by atomic mass is 32.2. The van der Waals surface area contributed by atoms with E-state index >= 15 is 0 Å². The number of pyridine rings is 1. The molecule has 0 bridgehead atoms. The number of benzene rings is 1. The number of fused-ring (bicyclic) bond motifs is 1. The summed E-state index contributed by atoms with van der Waals surface area (Å²) in [4.78, 5) is 16.9. The van der Waals surface area contributed by atoms with Crippen molar-refractivity contribution in [2.75, 3.05) is 11.2 Å². The lowest BCUT2D eigenvalue weighted by Crippen LogP contribution is -2.26. The summed E-state index contributed by atoms with van der Waals surface area (Å²) in [5, 5.41) is 12.3. The van der Waals surface area contributed by atoms with Gasteiger partial charge in [0.25, 0.3) is 0 Å². The quantitative estimate of drug-likeness (QED) is 0.541. The minimum absolute atomic E-state index is 0.133. The summed E-state index contributed by atoms with van der Waals surface area (Å²) in [7, 11) is 0. The molecule has 2 heterocycles. The molecule has 7 nitrogen and oxygen atoms in total. The number of thioether (sulfide) groups is 1. The van der Waals surface area contributed by atoms with Crippen LogP contribution in [0.5, 0.6) is 0 Å². The van der Waals surface area contributed by atoms with E-state index < -0.39 is 0 Å². The molecule has 1 atom stereocenters. The Morgan fingerprint density at radius 2 is 2.00 bits per heavy atom. The summed E-state index contributed by atoms with van der Waals surface area (Å²) in [6.07, 6.45) is 1.73. The number of nitrogen functional groups attached to an aromatic ring is 1. The van der Waals surface area contributed by atoms with Crippen LogP contribution < -0.4 is 11.2 Å². The molecular weight excluding hydrogens is 348 g/mol. The van der Waals surface area contributed by atoms with Crippen LogP contribution in [0.3, 0.4) is 0 Å². The van der Waals surface area contributed by atoms with Gasteiger partial charge in [-0.1, -0.05) is 38.6 Å². The number of aromatic nitrogens is 4. The molecule has 0 radical (unpaired) electrons. The molecule has 3 aromatic rings. The van der Waals surface area contributed by atoms with E-state index in [1.807, 2.05) is 58.0 Å². The van der Waals surface area contributed by atoms with Gasteiger partial charge < -0.3 is 11.2 Å². The Hall–Kier alpha value is -2.61. The summed E-state index contributed by atoms with van der Waals surface area (Å²) in [5.74, 6) is 6.64. The first-order chi connectivity index (χ1) is 12.3. The van der Waals surface area contributed by atoms with E-state index in [2.05, 4.69) is 20.5 Å². The highest BCUT2D eigenvalue weighted by Gasteiger charge is 2.25. The van der Waals surface area contributed by atoms with Gasteiger partial charge >= 0.3 is 0 Å². The molecule has 1 amide bonds. The average Bonchev–Trinajstić information content (AvgIpc) is 2.96. The number of nitrogens with one attached hydrogen (secondary N) is 1. The fraction of sp³-hybridized carbons (Fsp3) is 0.333. The van der Waals surface area contributed by atoms with E-state index in [1.54, 1.807) is 6.20 Å². The second-order valence-electron chi connectivity index (χ2n) is 7.05. The lowest BCUT2D eigenvalue weighted by Gasteiger charge is -2.17. The van der Waals surface area contributed by atoms with E-state index in [9.17, 15) is 4.79 Å². The third-order valence-electron chi connectivity index (χ3n) is 3.89. The predicted molar refractivity (Wildman–Crippen MR) is 105 cm³/mol. The van der Waals surface area contributed by atoms with Crippen LogP contribution in [0, 0.1) is 0 Å². The number of rotatable bonds is 4. The molecule has 2 aromatic heterocycles. The maximum absolute atomic E-state index is 12.6. The molecule has 0 saturated carbocycles. The third kappa shape index (κ3) is 3.65. The minimum Gasteiger partial charge on any atom is -0.336 e. The normalized spacial score (nSPS) is 12.9. The van der Waals surface area contributed by atoms with Gasteiger partial charge in [-0.25, -0.2) is 4.68 Å². The van der Waals surface area contributed by atoms with E-state index in [1.165, 1.54) is 16.4 Å². The number of hydrogen-bond donors (Lipinski definition) is 2. The lowest BCUT2D eigenvalue weighted by atomic mass is 9.96. The maximum Gasteiger partial charge on any atom is 0.237 e. The molecule has 0 unspecified atom stereocenters. The maximum atomic E-state index is 12.6. The summed E-state index contributed by atoms with van der Waals surface area (Å²) in [5.41, 5.74) is 1.35. The molecular formula is C18H22N6OS. The van der Waals surface area contributed by atoms with Gasteiger partial charge in [0, 0.05) is 17.0 Å². The van der Waals surface area contributed by atoms with Crippen LogP contribution in [-0.4, -0.2) is 31.0 Å². The van der Waals surface area contributed by atoms with Crippen LogP contribution in [0.2, 0.25) is 0 Å². The smallest absolute Gasteiger partial charge is 0.237 e. The van der Waals surface area contributed by atoms with Crippen LogP contribution in [0.4, 0.5) is 5.69 Å². The number of nitrogens with zero attached hydrogens (tertiary/aromatic N) is 4. The third-order valence-corrected chi connectivity index (χ3v) is 4.95. The van der Waals surface area contributed by atoms with Crippen molar-refractivity contribution in [3.05, 3.63) is 42.4 Å². The topological polar surface area (TPSA) is 98.7 Å². The van der Waals surface area contributed by atoms with Gasteiger partial charge in [0.05, 0.1) is 16.5 Å². The van der Waals surface area contributed by atoms with Gasteiger partial charge in [-0.3, -0.25) is 9.78 Å². The Morgan fingerprint density at radius 1 is 1.23 bits per heavy atom. The Labute approximate surface area is 156 Å². The molecule has 26 heavy (non-hydrogen) atoms. The van der Waals surface area contributed by atoms with Gasteiger partial charge in [0.1, 0.15) is 0 Å². The van der Waals surface area contributed by atoms with Crippen molar-refractivity contribution >= 4 is 34.3 Å². The highest BCUT2D eigenvalue weighted by Crippen LogP contribution is 2.27. The van der Waals surface area contributed by atoms with Gasteiger partial charge in [-0.15, -0.1) is 10.2 Å². The summed E-state index contributed by atoms with van der Waals surface area (Å²) < 4.78 is 1.45. The van der Waals surface area contributed by atoms with E-state index in [0.717, 1.165) is 16.6 Å². The predicted octanol–water partition coefficient (Wildman–Crippen LogP) is 2.96. The van der Waals surface area contributed by atoms with Crippen LogP contribution in [-0.2, 0) is 10.2 Å². The van der Waals surface area contributed by atoms with Gasteiger partial charge in [-0.05, 0) is 31.2 Å². The Balaban J connectivity index is 1.75. The van der Waals surface area contributed by atoms with E-state index in [-0.39, 0.29) is 16.6 Å². The summed E-state index contributed by atoms with van der Waals surface area (Å²) in [6, 6.07) is 9.42. The van der Waals surface area contributed by atoms with Crippen LogP contribution in [0.1, 0.15) is 33.5 Å². The molecule has 0 fully saturated rings. The molecule has 3 N–H and O–H groups in total. The van der Waals surface area contributed by atoms with Gasteiger partial charge in [0.15, 0.2) is 5.82 Å². The van der Waals surface area contributed by atoms with Crippen molar-refractivity contribution in [1.29, 1.82) is 0 Å². The van der Waals surface area contributed by atoms with Gasteiger partial charge in [0.2, 0.25) is 11.1 Å². The monoisotopic (exact) mass is 370 g/mol. The van der Waals surface area contributed by atoms with Crippen LogP contribution >= 0.6 is 11.8 Å². The first-order valence-electron chi connectivity index (χ1n) is 8.29. The molecule has 0 aliphatic carbocycles. The summed E-state index contributed by atoms with van der Waals surface area (Å²) >= 11 is 1.28. The Morgan fingerprint density at radius 3 is 2.69 bits per heavy atom. The second kappa shape index (κ2) is 6.95. The van der Waals surface area contributed by atoms with Crippen molar-refractivity contribution < 1.29 is 4.79 Å². The fourth-order valence-corrected chi connectivity index (χ4v) is 3.30. The fourth-order valence-electron chi connectivity index (χ4n) is 2.53. The molecule has 0 saturated heterocycles. The van der Waals surface area contributed by atoms with Crippen molar-refractivity contribution in [1.82, 2.24) is 19.9 Å².